The van der Waals surface area contributed by atoms with Crippen LogP contribution < -0.4 is 4.90 Å². The lowest BCUT2D eigenvalue weighted by atomic mass is 9.85. The standard InChI is InChI=1S/C18H25FN4O2.2CH2O2/c19-15-13-20-4-1-16(15)23-6-3-18(14-23)2-5-22(17(18)24)8-7-21-9-11-25-12-10-21;2*2-1-3/h1,4,13H,2-3,5-12,14H2;2*1H,(H,2,3). The summed E-state index contributed by atoms with van der Waals surface area (Å²) in [5, 5.41) is 13.8. The topological polar surface area (TPSA) is 124 Å². The predicted molar refractivity (Wildman–Crippen MR) is 109 cm³/mol. The van der Waals surface area contributed by atoms with Gasteiger partial charge in [0.05, 0.1) is 30.5 Å². The Balaban J connectivity index is 0.000000513. The van der Waals surface area contributed by atoms with Crippen LogP contribution in [0.15, 0.2) is 18.5 Å². The van der Waals surface area contributed by atoms with Crippen molar-refractivity contribution in [1.29, 1.82) is 0 Å². The summed E-state index contributed by atoms with van der Waals surface area (Å²) in [6.07, 6.45) is 4.53. The zero-order valence-electron chi connectivity index (χ0n) is 17.4. The molecule has 3 aliphatic rings. The van der Waals surface area contributed by atoms with Gasteiger partial charge in [0.1, 0.15) is 0 Å². The number of likely N-dealkylation sites (tertiary alicyclic amines) is 1. The number of morpholine rings is 1. The number of rotatable bonds is 4. The van der Waals surface area contributed by atoms with E-state index < -0.39 is 0 Å². The van der Waals surface area contributed by atoms with E-state index in [1.54, 1.807) is 12.3 Å². The van der Waals surface area contributed by atoms with Gasteiger partial charge < -0.3 is 24.7 Å². The van der Waals surface area contributed by atoms with Crippen molar-refractivity contribution in [2.75, 3.05) is 63.9 Å². The summed E-state index contributed by atoms with van der Waals surface area (Å²) in [6, 6.07) is 1.70. The van der Waals surface area contributed by atoms with Crippen LogP contribution in [0.2, 0.25) is 0 Å². The van der Waals surface area contributed by atoms with E-state index in [-0.39, 0.29) is 30.1 Å². The van der Waals surface area contributed by atoms with Crippen LogP contribution in [0.25, 0.3) is 0 Å². The minimum absolute atomic E-state index is 0.248. The first-order chi connectivity index (χ1) is 15.0. The molecule has 31 heavy (non-hydrogen) atoms. The molecule has 0 aromatic carbocycles. The molecule has 0 bridgehead atoms. The highest BCUT2D eigenvalue weighted by atomic mass is 19.1. The lowest BCUT2D eigenvalue weighted by Gasteiger charge is -2.29. The minimum atomic E-state index is -0.333. The van der Waals surface area contributed by atoms with Crippen LogP contribution in [-0.2, 0) is 19.1 Å². The van der Waals surface area contributed by atoms with Gasteiger partial charge in [-0.15, -0.1) is 0 Å². The Morgan fingerprint density at radius 2 is 1.74 bits per heavy atom. The van der Waals surface area contributed by atoms with Gasteiger partial charge in [-0.05, 0) is 18.9 Å². The van der Waals surface area contributed by atoms with Crippen LogP contribution in [0, 0.1) is 11.2 Å². The Morgan fingerprint density at radius 3 is 2.39 bits per heavy atom. The Morgan fingerprint density at radius 1 is 1.10 bits per heavy atom. The van der Waals surface area contributed by atoms with Crippen molar-refractivity contribution in [3.05, 3.63) is 24.3 Å². The summed E-state index contributed by atoms with van der Waals surface area (Å²) in [7, 11) is 0. The van der Waals surface area contributed by atoms with Crippen molar-refractivity contribution in [2.24, 2.45) is 5.41 Å². The van der Waals surface area contributed by atoms with Gasteiger partial charge in [-0.25, -0.2) is 4.39 Å². The SMILES string of the molecule is O=C1N(CCN2CCOCC2)CCC12CCN(c1ccncc1F)C2.O=CO.O=CO. The number of carbonyl (C=O) groups excluding carboxylic acids is 1. The minimum Gasteiger partial charge on any atom is -0.483 e. The number of anilines is 1. The molecule has 1 atom stereocenters. The molecule has 1 spiro atoms. The summed E-state index contributed by atoms with van der Waals surface area (Å²) in [4.78, 5) is 39.9. The third-order valence-electron chi connectivity index (χ3n) is 5.84. The molecular formula is C20H29FN4O6. The number of carbonyl (C=O) groups is 3. The predicted octanol–water partition coefficient (Wildman–Crippen LogP) is 0.383. The smallest absolute Gasteiger partial charge is 0.290 e. The van der Waals surface area contributed by atoms with Crippen molar-refractivity contribution in [1.82, 2.24) is 14.8 Å². The number of hydrogen-bond donors (Lipinski definition) is 2. The summed E-state index contributed by atoms with van der Waals surface area (Å²) >= 11 is 0. The van der Waals surface area contributed by atoms with E-state index in [2.05, 4.69) is 9.88 Å². The van der Waals surface area contributed by atoms with Crippen molar-refractivity contribution in [3.8, 4) is 0 Å². The highest BCUT2D eigenvalue weighted by Crippen LogP contribution is 2.42. The molecule has 0 saturated carbocycles. The first kappa shape index (κ1) is 24.5. The number of halogens is 1. The normalized spacial score (nSPS) is 23.1. The second-order valence-corrected chi connectivity index (χ2v) is 7.49. The summed E-state index contributed by atoms with van der Waals surface area (Å²) in [5.41, 5.74) is 0.229. The average molecular weight is 440 g/mol. The third-order valence-corrected chi connectivity index (χ3v) is 5.84. The van der Waals surface area contributed by atoms with Crippen LogP contribution in [0.4, 0.5) is 10.1 Å². The summed E-state index contributed by atoms with van der Waals surface area (Å²) < 4.78 is 19.4. The van der Waals surface area contributed by atoms with Gasteiger partial charge in [0.25, 0.3) is 12.9 Å². The van der Waals surface area contributed by atoms with Crippen molar-refractivity contribution >= 4 is 24.5 Å². The molecule has 11 heteroatoms. The molecular weight excluding hydrogens is 411 g/mol. The highest BCUT2D eigenvalue weighted by molar-refractivity contribution is 5.86. The molecule has 0 aliphatic carbocycles. The van der Waals surface area contributed by atoms with E-state index in [0.29, 0.717) is 12.2 Å². The number of hydrogen-bond acceptors (Lipinski definition) is 7. The van der Waals surface area contributed by atoms with Gasteiger partial charge in [-0.2, -0.15) is 0 Å². The van der Waals surface area contributed by atoms with Crippen LogP contribution in [0.5, 0.6) is 0 Å². The Labute approximate surface area is 180 Å². The highest BCUT2D eigenvalue weighted by Gasteiger charge is 2.50. The van der Waals surface area contributed by atoms with E-state index >= 15 is 0 Å². The summed E-state index contributed by atoms with van der Waals surface area (Å²) in [6.45, 7) is 6.80. The molecule has 4 heterocycles. The second-order valence-electron chi connectivity index (χ2n) is 7.49. The molecule has 1 amide bonds. The first-order valence-electron chi connectivity index (χ1n) is 10.1. The molecule has 3 fully saturated rings. The average Bonchev–Trinajstić information content (AvgIpc) is 3.33. The molecule has 0 radical (unpaired) electrons. The first-order valence-corrected chi connectivity index (χ1v) is 10.1. The zero-order chi connectivity index (χ0) is 22.7. The van der Waals surface area contributed by atoms with Crippen LogP contribution >= 0.6 is 0 Å². The summed E-state index contributed by atoms with van der Waals surface area (Å²) in [5.74, 6) is -0.0631. The maximum Gasteiger partial charge on any atom is 0.290 e. The fourth-order valence-corrected chi connectivity index (χ4v) is 4.27. The Hall–Kier alpha value is -2.79. The third kappa shape index (κ3) is 6.34. The van der Waals surface area contributed by atoms with Gasteiger partial charge in [0, 0.05) is 52.0 Å². The van der Waals surface area contributed by atoms with Crippen molar-refractivity contribution < 1.29 is 33.7 Å². The largest absolute Gasteiger partial charge is 0.483 e. The molecule has 1 aromatic rings. The van der Waals surface area contributed by atoms with Gasteiger partial charge in [-0.1, -0.05) is 0 Å². The van der Waals surface area contributed by atoms with E-state index in [4.69, 9.17) is 24.5 Å². The quantitative estimate of drug-likeness (QED) is 0.640. The van der Waals surface area contributed by atoms with E-state index in [9.17, 15) is 9.18 Å². The molecule has 1 aromatic heterocycles. The van der Waals surface area contributed by atoms with Crippen LogP contribution in [0.3, 0.4) is 0 Å². The number of pyridine rings is 1. The fourth-order valence-electron chi connectivity index (χ4n) is 4.27. The molecule has 2 N–H and O–H groups in total. The lowest BCUT2D eigenvalue weighted by Crippen LogP contribution is -2.43. The zero-order valence-corrected chi connectivity index (χ0v) is 17.4. The maximum absolute atomic E-state index is 14.0. The Bertz CT molecular complexity index is 727. The molecule has 172 valence electrons. The fraction of sp³-hybridized carbons (Fsp3) is 0.600. The molecule has 10 nitrogen and oxygen atoms in total. The molecule has 3 aliphatic heterocycles. The van der Waals surface area contributed by atoms with Crippen molar-refractivity contribution in [3.63, 3.8) is 0 Å². The van der Waals surface area contributed by atoms with Gasteiger partial charge in [0.15, 0.2) is 5.82 Å². The molecule has 1 unspecified atom stereocenters. The Kier molecular flexibility index (Phi) is 9.60. The molecule has 3 saturated heterocycles. The number of aromatic nitrogens is 1. The lowest BCUT2D eigenvalue weighted by molar-refractivity contribution is -0.135. The van der Waals surface area contributed by atoms with Gasteiger partial charge in [0.2, 0.25) is 5.91 Å². The maximum atomic E-state index is 14.0. The second kappa shape index (κ2) is 12.2. The van der Waals surface area contributed by atoms with E-state index in [1.807, 2.05) is 9.80 Å². The number of ether oxygens (including phenoxy) is 1. The number of carboxylic acid groups (broad SMARTS) is 2. The molecule has 4 rings (SSSR count). The van der Waals surface area contributed by atoms with Crippen molar-refractivity contribution in [2.45, 2.75) is 12.8 Å². The van der Waals surface area contributed by atoms with Gasteiger partial charge in [-0.3, -0.25) is 24.3 Å². The number of nitrogens with zero attached hydrogens (tertiary/aromatic N) is 4. The van der Waals surface area contributed by atoms with Crippen LogP contribution in [0.1, 0.15) is 12.8 Å². The van der Waals surface area contributed by atoms with E-state index in [1.165, 1.54) is 6.20 Å². The van der Waals surface area contributed by atoms with Crippen LogP contribution in [-0.4, -0.2) is 103 Å². The van der Waals surface area contributed by atoms with Gasteiger partial charge >= 0.3 is 0 Å². The number of amides is 1. The van der Waals surface area contributed by atoms with E-state index in [0.717, 1.165) is 65.3 Å². The monoisotopic (exact) mass is 440 g/mol.